The predicted molar refractivity (Wildman–Crippen MR) is 85.3 cm³/mol. The summed E-state index contributed by atoms with van der Waals surface area (Å²) < 4.78 is 0. The summed E-state index contributed by atoms with van der Waals surface area (Å²) in [5, 5.41) is 4.00. The summed E-state index contributed by atoms with van der Waals surface area (Å²) in [6, 6.07) is 0.698. The molecule has 0 heterocycles. The average Bonchev–Trinajstić information content (AvgIpc) is 2.55. The van der Waals surface area contributed by atoms with Crippen molar-refractivity contribution in [1.82, 2.24) is 5.32 Å². The second-order valence-corrected chi connectivity index (χ2v) is 7.51. The van der Waals surface area contributed by atoms with Crippen molar-refractivity contribution in [3.8, 4) is 0 Å². The maximum absolute atomic E-state index is 6.20. The van der Waals surface area contributed by atoms with Crippen LogP contribution in [0.2, 0.25) is 0 Å². The lowest BCUT2D eigenvalue weighted by Crippen LogP contribution is -2.56. The highest BCUT2D eigenvalue weighted by Gasteiger charge is 2.32. The SMILES string of the molecule is CC(C)CC(CN)(CC(C)C)NC1CCCCCC1. The largest absolute Gasteiger partial charge is 0.329 e. The first kappa shape index (κ1) is 17.0. The molecule has 1 saturated carbocycles. The summed E-state index contributed by atoms with van der Waals surface area (Å²) >= 11 is 0. The minimum Gasteiger partial charge on any atom is -0.329 e. The molecule has 114 valence electrons. The van der Waals surface area contributed by atoms with Gasteiger partial charge in [-0.25, -0.2) is 0 Å². The number of hydrogen-bond acceptors (Lipinski definition) is 2. The van der Waals surface area contributed by atoms with Crippen LogP contribution in [-0.2, 0) is 0 Å². The number of nitrogens with two attached hydrogens (primary N) is 1. The molecule has 0 saturated heterocycles. The van der Waals surface area contributed by atoms with Crippen molar-refractivity contribution >= 4 is 0 Å². The van der Waals surface area contributed by atoms with Crippen LogP contribution in [0.25, 0.3) is 0 Å². The Labute approximate surface area is 120 Å². The summed E-state index contributed by atoms with van der Waals surface area (Å²) in [6.45, 7) is 10.1. The van der Waals surface area contributed by atoms with E-state index in [0.717, 1.165) is 6.54 Å². The Bertz CT molecular complexity index is 217. The third-order valence-electron chi connectivity index (χ3n) is 4.35. The van der Waals surface area contributed by atoms with Crippen LogP contribution in [0.1, 0.15) is 79.1 Å². The lowest BCUT2D eigenvalue weighted by Gasteiger charge is -2.40. The Balaban J connectivity index is 2.69. The minimum absolute atomic E-state index is 0.164. The highest BCUT2D eigenvalue weighted by atomic mass is 15.0. The fraction of sp³-hybridized carbons (Fsp3) is 1.00. The fourth-order valence-corrected chi connectivity index (χ4v) is 3.85. The van der Waals surface area contributed by atoms with Gasteiger partial charge in [-0.3, -0.25) is 0 Å². The van der Waals surface area contributed by atoms with Crippen LogP contribution in [0.4, 0.5) is 0 Å². The Morgan fingerprint density at radius 1 is 0.947 bits per heavy atom. The van der Waals surface area contributed by atoms with E-state index in [1.807, 2.05) is 0 Å². The van der Waals surface area contributed by atoms with Crippen molar-refractivity contribution < 1.29 is 0 Å². The molecule has 0 unspecified atom stereocenters. The van der Waals surface area contributed by atoms with Gasteiger partial charge in [0.25, 0.3) is 0 Å². The highest BCUT2D eigenvalue weighted by molar-refractivity contribution is 4.93. The van der Waals surface area contributed by atoms with Crippen LogP contribution in [0, 0.1) is 11.8 Å². The molecule has 1 rings (SSSR count). The molecule has 19 heavy (non-hydrogen) atoms. The molecule has 1 aliphatic rings. The van der Waals surface area contributed by atoms with E-state index in [0.29, 0.717) is 17.9 Å². The van der Waals surface area contributed by atoms with Gasteiger partial charge in [0.05, 0.1) is 0 Å². The lowest BCUT2D eigenvalue weighted by atomic mass is 9.80. The Morgan fingerprint density at radius 2 is 1.42 bits per heavy atom. The van der Waals surface area contributed by atoms with Crippen molar-refractivity contribution in [2.75, 3.05) is 6.54 Å². The zero-order valence-corrected chi connectivity index (χ0v) is 13.7. The van der Waals surface area contributed by atoms with Crippen LogP contribution < -0.4 is 11.1 Å². The zero-order valence-electron chi connectivity index (χ0n) is 13.7. The number of nitrogens with one attached hydrogen (secondary N) is 1. The average molecular weight is 268 g/mol. The monoisotopic (exact) mass is 268 g/mol. The maximum Gasteiger partial charge on any atom is 0.0311 e. The first-order valence-corrected chi connectivity index (χ1v) is 8.45. The Morgan fingerprint density at radius 3 is 1.79 bits per heavy atom. The Kier molecular flexibility index (Phi) is 7.38. The third-order valence-corrected chi connectivity index (χ3v) is 4.35. The van der Waals surface area contributed by atoms with E-state index in [1.165, 1.54) is 51.4 Å². The quantitative estimate of drug-likeness (QED) is 0.683. The second kappa shape index (κ2) is 8.26. The molecule has 0 aromatic heterocycles. The molecule has 0 aromatic rings. The molecule has 0 aromatic carbocycles. The minimum atomic E-state index is 0.164. The number of rotatable bonds is 7. The van der Waals surface area contributed by atoms with Crippen LogP contribution in [0.5, 0.6) is 0 Å². The van der Waals surface area contributed by atoms with Gasteiger partial charge < -0.3 is 11.1 Å². The molecule has 0 aliphatic heterocycles. The molecule has 0 bridgehead atoms. The van der Waals surface area contributed by atoms with Gasteiger partial charge in [-0.15, -0.1) is 0 Å². The summed E-state index contributed by atoms with van der Waals surface area (Å²) in [7, 11) is 0. The van der Waals surface area contributed by atoms with E-state index < -0.39 is 0 Å². The van der Waals surface area contributed by atoms with Crippen molar-refractivity contribution in [2.45, 2.75) is 90.6 Å². The fourth-order valence-electron chi connectivity index (χ4n) is 3.85. The van der Waals surface area contributed by atoms with Crippen molar-refractivity contribution in [2.24, 2.45) is 17.6 Å². The van der Waals surface area contributed by atoms with Gasteiger partial charge in [0, 0.05) is 18.1 Å². The second-order valence-electron chi connectivity index (χ2n) is 7.51. The molecule has 0 atom stereocenters. The van der Waals surface area contributed by atoms with Gasteiger partial charge in [0.1, 0.15) is 0 Å². The van der Waals surface area contributed by atoms with Crippen LogP contribution >= 0.6 is 0 Å². The van der Waals surface area contributed by atoms with E-state index in [2.05, 4.69) is 33.0 Å². The van der Waals surface area contributed by atoms with Gasteiger partial charge in [-0.05, 0) is 37.5 Å². The van der Waals surface area contributed by atoms with Crippen LogP contribution in [0.3, 0.4) is 0 Å². The van der Waals surface area contributed by atoms with Crippen LogP contribution in [-0.4, -0.2) is 18.1 Å². The molecular weight excluding hydrogens is 232 g/mol. The van der Waals surface area contributed by atoms with Crippen molar-refractivity contribution in [3.05, 3.63) is 0 Å². The van der Waals surface area contributed by atoms with Crippen molar-refractivity contribution in [3.63, 3.8) is 0 Å². The maximum atomic E-state index is 6.20. The molecule has 2 heteroatoms. The highest BCUT2D eigenvalue weighted by Crippen LogP contribution is 2.27. The molecule has 0 spiro atoms. The standard InChI is InChI=1S/C17H36N2/c1-14(2)11-17(13-18,12-15(3)4)19-16-9-7-5-6-8-10-16/h14-16,19H,5-13,18H2,1-4H3. The first-order chi connectivity index (χ1) is 8.97. The van der Waals surface area contributed by atoms with E-state index in [1.54, 1.807) is 0 Å². The van der Waals surface area contributed by atoms with Gasteiger partial charge >= 0.3 is 0 Å². The van der Waals surface area contributed by atoms with Gasteiger partial charge in [0.15, 0.2) is 0 Å². The topological polar surface area (TPSA) is 38.0 Å². The van der Waals surface area contributed by atoms with E-state index in [9.17, 15) is 0 Å². The Hall–Kier alpha value is -0.0800. The zero-order chi connectivity index (χ0) is 14.3. The smallest absolute Gasteiger partial charge is 0.0311 e. The normalized spacial score (nSPS) is 19.1. The molecule has 0 amide bonds. The molecule has 3 N–H and O–H groups in total. The van der Waals surface area contributed by atoms with Crippen molar-refractivity contribution in [1.29, 1.82) is 0 Å². The molecule has 1 fully saturated rings. The summed E-state index contributed by atoms with van der Waals surface area (Å²) in [4.78, 5) is 0. The number of hydrogen-bond donors (Lipinski definition) is 2. The summed E-state index contributed by atoms with van der Waals surface area (Å²) in [5.74, 6) is 1.42. The van der Waals surface area contributed by atoms with E-state index in [-0.39, 0.29) is 5.54 Å². The van der Waals surface area contributed by atoms with Gasteiger partial charge in [-0.2, -0.15) is 0 Å². The lowest BCUT2D eigenvalue weighted by molar-refractivity contribution is 0.198. The summed E-state index contributed by atoms with van der Waals surface area (Å²) in [5.41, 5.74) is 6.36. The van der Waals surface area contributed by atoms with Crippen LogP contribution in [0.15, 0.2) is 0 Å². The van der Waals surface area contributed by atoms with Gasteiger partial charge in [-0.1, -0.05) is 53.4 Å². The predicted octanol–water partition coefficient (Wildman–Crippen LogP) is 4.09. The molecule has 0 radical (unpaired) electrons. The molecular formula is C17H36N2. The van der Waals surface area contributed by atoms with E-state index >= 15 is 0 Å². The molecule has 2 nitrogen and oxygen atoms in total. The van der Waals surface area contributed by atoms with E-state index in [4.69, 9.17) is 5.73 Å². The summed E-state index contributed by atoms with van der Waals surface area (Å²) in [6.07, 6.45) is 10.7. The van der Waals surface area contributed by atoms with Gasteiger partial charge in [0.2, 0.25) is 0 Å². The molecule has 1 aliphatic carbocycles. The third kappa shape index (κ3) is 6.27. The first-order valence-electron chi connectivity index (χ1n) is 8.45.